The molecule has 0 aromatic heterocycles. The fraction of sp³-hybridized carbons (Fsp3) is 1.00. The Morgan fingerprint density at radius 3 is 1.00 bits per heavy atom. The third-order valence-electron chi connectivity index (χ3n) is 5.05. The van der Waals surface area contributed by atoms with E-state index < -0.39 is 6.36 Å². The van der Waals surface area contributed by atoms with Crippen molar-refractivity contribution >= 4 is 0 Å². The quantitative estimate of drug-likeness (QED) is 0.221. The summed E-state index contributed by atoms with van der Waals surface area (Å²) >= 11 is 0. The minimum Gasteiger partial charge on any atom is -0.364 e. The molecule has 0 aromatic rings. The van der Waals surface area contributed by atoms with Crippen molar-refractivity contribution in [3.63, 3.8) is 0 Å². The van der Waals surface area contributed by atoms with E-state index in [1.165, 1.54) is 109 Å². The van der Waals surface area contributed by atoms with Crippen LogP contribution in [-0.2, 0) is 0 Å². The van der Waals surface area contributed by atoms with Crippen molar-refractivity contribution in [2.75, 3.05) is 0 Å². The first-order valence-electron chi connectivity index (χ1n) is 11.1. The van der Waals surface area contributed by atoms with Crippen LogP contribution in [0.2, 0.25) is 0 Å². The van der Waals surface area contributed by atoms with Crippen LogP contribution in [0, 0.1) is 0 Å². The average Bonchev–Trinajstić information content (AvgIpc) is 2.56. The highest BCUT2D eigenvalue weighted by Crippen LogP contribution is 2.15. The van der Waals surface area contributed by atoms with E-state index >= 15 is 0 Å². The van der Waals surface area contributed by atoms with Gasteiger partial charge in [0.25, 0.3) is 0 Å². The Bertz CT molecular complexity index is 218. The second-order valence-corrected chi connectivity index (χ2v) is 7.59. The molecule has 0 saturated heterocycles. The lowest BCUT2D eigenvalue weighted by molar-refractivity contribution is 0.0323. The predicted molar refractivity (Wildman–Crippen MR) is 105 cm³/mol. The number of aliphatic hydroxyl groups is 1. The SMILES string of the molecule is CCCCCCCCCCCCCCCCCCCCCC(O)F. The number of rotatable bonds is 20. The fourth-order valence-corrected chi connectivity index (χ4v) is 3.39. The summed E-state index contributed by atoms with van der Waals surface area (Å²) < 4.78 is 12.2. The standard InChI is InChI=1S/C22H45FO/c1-2-3-4-5-6-7-8-9-10-11-12-13-14-15-16-17-18-19-20-21-22(23)24/h22,24H,2-21H2,1H3. The number of hydrogen-bond acceptors (Lipinski definition) is 1. The first-order valence-corrected chi connectivity index (χ1v) is 11.1. The number of aliphatic hydroxyl groups excluding tert-OH is 1. The molecule has 146 valence electrons. The van der Waals surface area contributed by atoms with Crippen LogP contribution >= 0.6 is 0 Å². The minimum atomic E-state index is -1.60. The van der Waals surface area contributed by atoms with E-state index in [1.807, 2.05) is 0 Å². The van der Waals surface area contributed by atoms with Crippen LogP contribution in [-0.4, -0.2) is 11.5 Å². The molecule has 0 spiro atoms. The van der Waals surface area contributed by atoms with E-state index in [4.69, 9.17) is 5.11 Å². The molecular formula is C22H45FO. The number of hydrogen-bond donors (Lipinski definition) is 1. The Morgan fingerprint density at radius 1 is 0.500 bits per heavy atom. The van der Waals surface area contributed by atoms with Crippen LogP contribution in [0.5, 0.6) is 0 Å². The van der Waals surface area contributed by atoms with Gasteiger partial charge in [0, 0.05) is 6.42 Å². The van der Waals surface area contributed by atoms with Crippen molar-refractivity contribution in [1.29, 1.82) is 0 Å². The van der Waals surface area contributed by atoms with Gasteiger partial charge in [0.15, 0.2) is 6.36 Å². The van der Waals surface area contributed by atoms with E-state index in [1.54, 1.807) is 0 Å². The number of unbranched alkanes of at least 4 members (excludes halogenated alkanes) is 18. The van der Waals surface area contributed by atoms with Crippen LogP contribution in [0.15, 0.2) is 0 Å². The fourth-order valence-electron chi connectivity index (χ4n) is 3.39. The van der Waals surface area contributed by atoms with Gasteiger partial charge in [-0.25, -0.2) is 4.39 Å². The van der Waals surface area contributed by atoms with E-state index in [9.17, 15) is 4.39 Å². The lowest BCUT2D eigenvalue weighted by Gasteiger charge is -2.04. The third kappa shape index (κ3) is 21.9. The van der Waals surface area contributed by atoms with Crippen molar-refractivity contribution in [1.82, 2.24) is 0 Å². The monoisotopic (exact) mass is 344 g/mol. The van der Waals surface area contributed by atoms with Crippen LogP contribution in [0.3, 0.4) is 0 Å². The van der Waals surface area contributed by atoms with Crippen LogP contribution < -0.4 is 0 Å². The first kappa shape index (κ1) is 23.9. The zero-order valence-corrected chi connectivity index (χ0v) is 16.5. The Morgan fingerprint density at radius 2 is 0.750 bits per heavy atom. The van der Waals surface area contributed by atoms with Gasteiger partial charge in [-0.05, 0) is 6.42 Å². The molecule has 1 N–H and O–H groups in total. The van der Waals surface area contributed by atoms with Crippen molar-refractivity contribution < 1.29 is 9.50 Å². The van der Waals surface area contributed by atoms with Gasteiger partial charge in [0.05, 0.1) is 0 Å². The van der Waals surface area contributed by atoms with Gasteiger partial charge in [-0.1, -0.05) is 122 Å². The molecule has 0 saturated carbocycles. The van der Waals surface area contributed by atoms with Gasteiger partial charge in [0.1, 0.15) is 0 Å². The predicted octanol–water partition coefficient (Wildman–Crippen LogP) is 8.10. The summed E-state index contributed by atoms with van der Waals surface area (Å²) in [5, 5.41) is 8.53. The minimum absolute atomic E-state index is 0.318. The highest BCUT2D eigenvalue weighted by Gasteiger charge is 1.99. The largest absolute Gasteiger partial charge is 0.364 e. The third-order valence-corrected chi connectivity index (χ3v) is 5.05. The Labute approximate surface area is 151 Å². The lowest BCUT2D eigenvalue weighted by atomic mass is 10.0. The van der Waals surface area contributed by atoms with Gasteiger partial charge < -0.3 is 5.11 Å². The van der Waals surface area contributed by atoms with Gasteiger partial charge in [0.2, 0.25) is 0 Å². The summed E-state index contributed by atoms with van der Waals surface area (Å²) in [7, 11) is 0. The smallest absolute Gasteiger partial charge is 0.196 e. The summed E-state index contributed by atoms with van der Waals surface area (Å²) in [4.78, 5) is 0. The molecule has 24 heavy (non-hydrogen) atoms. The molecule has 0 aliphatic heterocycles. The molecule has 0 aliphatic carbocycles. The Balaban J connectivity index is 2.95. The Kier molecular flexibility index (Phi) is 20.8. The van der Waals surface area contributed by atoms with Crippen LogP contribution in [0.25, 0.3) is 0 Å². The molecule has 1 nitrogen and oxygen atoms in total. The molecule has 2 heteroatoms. The molecule has 0 heterocycles. The maximum atomic E-state index is 12.2. The van der Waals surface area contributed by atoms with Gasteiger partial charge in [-0.15, -0.1) is 0 Å². The normalized spacial score (nSPS) is 12.6. The first-order chi connectivity index (χ1) is 11.8. The second kappa shape index (κ2) is 20.9. The molecule has 0 fully saturated rings. The van der Waals surface area contributed by atoms with E-state index in [0.29, 0.717) is 6.42 Å². The van der Waals surface area contributed by atoms with E-state index in [0.717, 1.165) is 12.8 Å². The van der Waals surface area contributed by atoms with Crippen LogP contribution in [0.1, 0.15) is 135 Å². The van der Waals surface area contributed by atoms with E-state index in [-0.39, 0.29) is 0 Å². The molecule has 0 rings (SSSR count). The molecular weight excluding hydrogens is 299 g/mol. The second-order valence-electron chi connectivity index (χ2n) is 7.59. The van der Waals surface area contributed by atoms with Crippen LogP contribution in [0.4, 0.5) is 4.39 Å². The molecule has 1 unspecified atom stereocenters. The molecule has 0 aromatic carbocycles. The molecule has 0 radical (unpaired) electrons. The summed E-state index contributed by atoms with van der Waals surface area (Å²) in [5.74, 6) is 0. The molecule has 0 bridgehead atoms. The van der Waals surface area contributed by atoms with Crippen molar-refractivity contribution in [3.05, 3.63) is 0 Å². The zero-order chi connectivity index (χ0) is 17.7. The maximum absolute atomic E-state index is 12.2. The summed E-state index contributed by atoms with van der Waals surface area (Å²) in [6, 6.07) is 0. The molecule has 1 atom stereocenters. The highest BCUT2D eigenvalue weighted by molar-refractivity contribution is 4.51. The summed E-state index contributed by atoms with van der Waals surface area (Å²) in [6.07, 6.45) is 24.3. The van der Waals surface area contributed by atoms with Crippen molar-refractivity contribution in [2.24, 2.45) is 0 Å². The number of halogens is 1. The lowest BCUT2D eigenvalue weighted by Crippen LogP contribution is -1.95. The highest BCUT2D eigenvalue weighted by atomic mass is 19.1. The topological polar surface area (TPSA) is 20.2 Å². The van der Waals surface area contributed by atoms with Crippen molar-refractivity contribution in [3.8, 4) is 0 Å². The molecule has 0 amide bonds. The summed E-state index contributed by atoms with van der Waals surface area (Å²) in [5.41, 5.74) is 0. The Hall–Kier alpha value is -0.110. The van der Waals surface area contributed by atoms with Gasteiger partial charge in [-0.3, -0.25) is 0 Å². The van der Waals surface area contributed by atoms with E-state index in [2.05, 4.69) is 6.92 Å². The molecule has 0 aliphatic rings. The van der Waals surface area contributed by atoms with Gasteiger partial charge >= 0.3 is 0 Å². The zero-order valence-electron chi connectivity index (χ0n) is 16.5. The number of alkyl halides is 1. The van der Waals surface area contributed by atoms with Gasteiger partial charge in [-0.2, -0.15) is 0 Å². The van der Waals surface area contributed by atoms with Crippen molar-refractivity contribution in [2.45, 2.75) is 142 Å². The average molecular weight is 345 g/mol. The summed E-state index contributed by atoms with van der Waals surface area (Å²) in [6.45, 7) is 2.28. The maximum Gasteiger partial charge on any atom is 0.196 e.